The van der Waals surface area contributed by atoms with Gasteiger partial charge >= 0.3 is 5.97 Å². The van der Waals surface area contributed by atoms with Crippen molar-refractivity contribution in [2.45, 2.75) is 26.8 Å². The number of esters is 1. The van der Waals surface area contributed by atoms with Gasteiger partial charge in [-0.05, 0) is 26.8 Å². The van der Waals surface area contributed by atoms with Crippen LogP contribution in [0, 0.1) is 0 Å². The summed E-state index contributed by atoms with van der Waals surface area (Å²) in [5.41, 5.74) is 0.458. The van der Waals surface area contributed by atoms with Crippen molar-refractivity contribution in [1.29, 1.82) is 0 Å². The van der Waals surface area contributed by atoms with Crippen molar-refractivity contribution < 1.29 is 19.4 Å². The van der Waals surface area contributed by atoms with Gasteiger partial charge in [-0.15, -0.1) is 0 Å². The number of aliphatic hydroxyl groups excluding tert-OH is 1. The first-order valence-corrected chi connectivity index (χ1v) is 5.34. The van der Waals surface area contributed by atoms with Gasteiger partial charge in [0.1, 0.15) is 6.61 Å². The van der Waals surface area contributed by atoms with Gasteiger partial charge in [0.15, 0.2) is 0 Å². The molecule has 0 rings (SSSR count). The molecule has 2 N–H and O–H groups in total. The first kappa shape index (κ1) is 15.4. The number of ether oxygens (including phenoxy) is 1. The zero-order chi connectivity index (χ0) is 13.4. The van der Waals surface area contributed by atoms with E-state index in [4.69, 9.17) is 5.11 Å². The Bertz CT molecular complexity index is 331. The summed E-state index contributed by atoms with van der Waals surface area (Å²) in [6.07, 6.45) is 1.36. The number of hydrogen-bond donors (Lipinski definition) is 2. The Morgan fingerprint density at radius 2 is 2.06 bits per heavy atom. The minimum absolute atomic E-state index is 0.00861. The first-order chi connectivity index (χ1) is 7.88. The van der Waals surface area contributed by atoms with Gasteiger partial charge in [0.2, 0.25) is 0 Å². The molecule has 0 atom stereocenters. The normalized spacial score (nSPS) is 11.2. The van der Waals surface area contributed by atoms with Crippen molar-refractivity contribution in [3.05, 3.63) is 23.8 Å². The largest absolute Gasteiger partial charge is 0.460 e. The summed E-state index contributed by atoms with van der Waals surface area (Å²) >= 11 is 0. The number of hydrogen-bond acceptors (Lipinski definition) is 4. The molecule has 0 aromatic carbocycles. The maximum Gasteiger partial charge on any atom is 0.333 e. The van der Waals surface area contributed by atoms with Crippen LogP contribution in [-0.2, 0) is 14.3 Å². The van der Waals surface area contributed by atoms with Gasteiger partial charge in [0.05, 0.1) is 6.61 Å². The van der Waals surface area contributed by atoms with Crippen LogP contribution >= 0.6 is 0 Å². The minimum Gasteiger partial charge on any atom is -0.460 e. The summed E-state index contributed by atoms with van der Waals surface area (Å²) in [6.45, 7) is 8.46. The third-order valence-electron chi connectivity index (χ3n) is 1.75. The summed E-state index contributed by atoms with van der Waals surface area (Å²) in [4.78, 5) is 22.8. The highest BCUT2D eigenvalue weighted by Gasteiger charge is 2.10. The zero-order valence-electron chi connectivity index (χ0n) is 10.4. The number of rotatable bonds is 6. The topological polar surface area (TPSA) is 75.6 Å². The predicted octanol–water partition coefficient (Wildman–Crippen LogP) is 0.549. The number of carbonyl (C=O) groups excluding carboxylic acids is 2. The molecule has 5 heteroatoms. The molecule has 17 heavy (non-hydrogen) atoms. The van der Waals surface area contributed by atoms with E-state index in [1.54, 1.807) is 0 Å². The van der Waals surface area contributed by atoms with E-state index in [9.17, 15) is 9.59 Å². The fourth-order valence-corrected chi connectivity index (χ4v) is 0.993. The fraction of sp³-hybridized carbons (Fsp3) is 0.500. The van der Waals surface area contributed by atoms with Crippen LogP contribution in [-0.4, -0.2) is 36.2 Å². The van der Waals surface area contributed by atoms with Crippen LogP contribution in [0.3, 0.4) is 0 Å². The summed E-state index contributed by atoms with van der Waals surface area (Å²) in [5.74, 6) is -0.896. The molecule has 96 valence electrons. The van der Waals surface area contributed by atoms with Crippen molar-refractivity contribution in [2.24, 2.45) is 0 Å². The Kier molecular flexibility index (Phi) is 6.89. The quantitative estimate of drug-likeness (QED) is 0.404. The van der Waals surface area contributed by atoms with Crippen LogP contribution in [0.4, 0.5) is 0 Å². The van der Waals surface area contributed by atoms with Gasteiger partial charge in [-0.2, -0.15) is 0 Å². The maximum atomic E-state index is 11.5. The molecule has 0 saturated heterocycles. The van der Waals surface area contributed by atoms with Crippen molar-refractivity contribution >= 4 is 11.9 Å². The summed E-state index contributed by atoms with van der Waals surface area (Å²) in [5, 5.41) is 11.1. The summed E-state index contributed by atoms with van der Waals surface area (Å²) < 4.78 is 4.68. The molecule has 0 spiro atoms. The van der Waals surface area contributed by atoms with Crippen LogP contribution in [0.15, 0.2) is 23.8 Å². The second kappa shape index (κ2) is 7.62. The lowest BCUT2D eigenvalue weighted by molar-refractivity contribution is -0.139. The van der Waals surface area contributed by atoms with Gasteiger partial charge in [-0.25, -0.2) is 4.79 Å². The number of aliphatic hydroxyl groups is 1. The molecule has 0 aromatic rings. The Hall–Kier alpha value is -1.62. The standard InChI is InChI=1S/C12H19NO4/c1-8(2)13-11(15)9(3)7-10(4)12(16)17-6-5-14/h7-8,14H,3,5-6H2,1-2,4H3,(H,13,15)/b10-7+. The molecule has 1 amide bonds. The monoisotopic (exact) mass is 241 g/mol. The SMILES string of the molecule is C=C(/C=C(\C)C(=O)OCCO)C(=O)NC(C)C. The third-order valence-corrected chi connectivity index (χ3v) is 1.75. The van der Waals surface area contributed by atoms with E-state index in [-0.39, 0.29) is 36.3 Å². The average molecular weight is 241 g/mol. The van der Waals surface area contributed by atoms with Gasteiger partial charge in [-0.3, -0.25) is 4.79 Å². The van der Waals surface area contributed by atoms with Crippen molar-refractivity contribution in [3.8, 4) is 0 Å². The Morgan fingerprint density at radius 3 is 2.53 bits per heavy atom. The van der Waals surface area contributed by atoms with E-state index >= 15 is 0 Å². The van der Waals surface area contributed by atoms with Gasteiger partial charge < -0.3 is 15.2 Å². The van der Waals surface area contributed by atoms with Crippen LogP contribution < -0.4 is 5.32 Å². The Morgan fingerprint density at radius 1 is 1.47 bits per heavy atom. The van der Waals surface area contributed by atoms with Crippen molar-refractivity contribution in [2.75, 3.05) is 13.2 Å². The molecule has 0 heterocycles. The van der Waals surface area contributed by atoms with Gasteiger partial charge in [0.25, 0.3) is 5.91 Å². The van der Waals surface area contributed by atoms with Crippen LogP contribution in [0.2, 0.25) is 0 Å². The lowest BCUT2D eigenvalue weighted by atomic mass is 10.1. The number of nitrogens with one attached hydrogen (secondary N) is 1. The first-order valence-electron chi connectivity index (χ1n) is 5.34. The maximum absolute atomic E-state index is 11.5. The van der Waals surface area contributed by atoms with Gasteiger partial charge in [0, 0.05) is 17.2 Å². The molecule has 0 radical (unpaired) electrons. The molecular formula is C12H19NO4. The summed E-state index contributed by atoms with van der Waals surface area (Å²) in [6, 6.07) is 0.00861. The van der Waals surface area contributed by atoms with Crippen LogP contribution in [0.5, 0.6) is 0 Å². The summed E-state index contributed by atoms with van der Waals surface area (Å²) in [7, 11) is 0. The van der Waals surface area contributed by atoms with E-state index in [0.29, 0.717) is 0 Å². The van der Waals surface area contributed by atoms with E-state index in [1.807, 2.05) is 13.8 Å². The van der Waals surface area contributed by atoms with Gasteiger partial charge in [-0.1, -0.05) is 6.58 Å². The van der Waals surface area contributed by atoms with Crippen molar-refractivity contribution in [3.63, 3.8) is 0 Å². The second-order valence-electron chi connectivity index (χ2n) is 3.84. The fourth-order valence-electron chi connectivity index (χ4n) is 0.993. The third kappa shape index (κ3) is 6.52. The molecule has 0 aliphatic carbocycles. The molecule has 0 aliphatic heterocycles. The van der Waals surface area contributed by atoms with E-state index in [0.717, 1.165) is 0 Å². The van der Waals surface area contributed by atoms with E-state index in [2.05, 4.69) is 16.6 Å². The zero-order valence-corrected chi connectivity index (χ0v) is 10.4. The molecular weight excluding hydrogens is 222 g/mol. The smallest absolute Gasteiger partial charge is 0.333 e. The molecule has 5 nitrogen and oxygen atoms in total. The van der Waals surface area contributed by atoms with Crippen molar-refractivity contribution in [1.82, 2.24) is 5.32 Å². The highest BCUT2D eigenvalue weighted by Crippen LogP contribution is 2.03. The number of amides is 1. The molecule has 0 bridgehead atoms. The lowest BCUT2D eigenvalue weighted by Gasteiger charge is -2.08. The average Bonchev–Trinajstić information content (AvgIpc) is 2.24. The van der Waals surface area contributed by atoms with Crippen LogP contribution in [0.1, 0.15) is 20.8 Å². The minimum atomic E-state index is -0.572. The van der Waals surface area contributed by atoms with E-state index in [1.165, 1.54) is 13.0 Å². The highest BCUT2D eigenvalue weighted by atomic mass is 16.5. The van der Waals surface area contributed by atoms with E-state index < -0.39 is 5.97 Å². The Balaban J connectivity index is 4.41. The lowest BCUT2D eigenvalue weighted by Crippen LogP contribution is -2.30. The molecule has 0 unspecified atom stereocenters. The molecule has 0 aromatic heterocycles. The number of carbonyl (C=O) groups is 2. The predicted molar refractivity (Wildman–Crippen MR) is 64.2 cm³/mol. The second-order valence-corrected chi connectivity index (χ2v) is 3.84. The molecule has 0 aliphatic rings. The van der Waals surface area contributed by atoms with Crippen LogP contribution in [0.25, 0.3) is 0 Å². The highest BCUT2D eigenvalue weighted by molar-refractivity contribution is 5.98. The Labute approximate surface area is 101 Å². The molecule has 0 fully saturated rings. The molecule has 0 saturated carbocycles.